The lowest BCUT2D eigenvalue weighted by Gasteiger charge is -2.17. The van der Waals surface area contributed by atoms with E-state index in [2.05, 4.69) is 10.4 Å². The van der Waals surface area contributed by atoms with E-state index in [0.29, 0.717) is 12.6 Å². The highest BCUT2D eigenvalue weighted by Crippen LogP contribution is 2.08. The number of nitrogens with zero attached hydrogens (tertiary/aromatic N) is 3. The quantitative estimate of drug-likeness (QED) is 0.824. The van der Waals surface area contributed by atoms with Crippen LogP contribution in [0.2, 0.25) is 0 Å². The minimum Gasteiger partial charge on any atom is -0.373 e. The maximum absolute atomic E-state index is 11.9. The van der Waals surface area contributed by atoms with E-state index in [1.807, 2.05) is 18.9 Å². The van der Waals surface area contributed by atoms with Crippen molar-refractivity contribution < 1.29 is 0 Å². The van der Waals surface area contributed by atoms with E-state index in [4.69, 9.17) is 0 Å². The maximum atomic E-state index is 11.9. The molecule has 1 unspecified atom stereocenters. The molecule has 0 bridgehead atoms. The van der Waals surface area contributed by atoms with Crippen molar-refractivity contribution in [2.75, 3.05) is 25.0 Å². The van der Waals surface area contributed by atoms with Gasteiger partial charge in [-0.25, -0.2) is 4.68 Å². The Kier molecular flexibility index (Phi) is 3.78. The van der Waals surface area contributed by atoms with Crippen LogP contribution in [-0.4, -0.2) is 36.0 Å². The van der Waals surface area contributed by atoms with Crippen molar-refractivity contribution in [3.63, 3.8) is 0 Å². The molecule has 5 nitrogen and oxygen atoms in total. The van der Waals surface area contributed by atoms with Gasteiger partial charge in [-0.3, -0.25) is 4.79 Å². The molecule has 1 aromatic heterocycles. The summed E-state index contributed by atoms with van der Waals surface area (Å²) in [5.41, 5.74) is 0.865. The van der Waals surface area contributed by atoms with Gasteiger partial charge in [0.2, 0.25) is 0 Å². The van der Waals surface area contributed by atoms with E-state index in [-0.39, 0.29) is 5.56 Å². The molecule has 94 valence electrons. The molecule has 0 amide bonds. The third kappa shape index (κ3) is 2.85. The van der Waals surface area contributed by atoms with Crippen molar-refractivity contribution in [1.82, 2.24) is 15.1 Å². The lowest BCUT2D eigenvalue weighted by Crippen LogP contribution is -2.34. The van der Waals surface area contributed by atoms with Gasteiger partial charge >= 0.3 is 0 Å². The molecular formula is C12H20N4O. The van der Waals surface area contributed by atoms with Gasteiger partial charge < -0.3 is 10.2 Å². The summed E-state index contributed by atoms with van der Waals surface area (Å²) in [7, 11) is 1.96. The molecule has 17 heavy (non-hydrogen) atoms. The summed E-state index contributed by atoms with van der Waals surface area (Å²) in [6.07, 6.45) is 4.08. The van der Waals surface area contributed by atoms with E-state index in [9.17, 15) is 4.79 Å². The highest BCUT2D eigenvalue weighted by Gasteiger charge is 2.15. The van der Waals surface area contributed by atoms with Crippen molar-refractivity contribution in [3.8, 4) is 0 Å². The minimum atomic E-state index is -0.0171. The van der Waals surface area contributed by atoms with Gasteiger partial charge in [0.25, 0.3) is 5.56 Å². The highest BCUT2D eigenvalue weighted by molar-refractivity contribution is 5.41. The Morgan fingerprint density at radius 1 is 1.65 bits per heavy atom. The molecule has 1 aliphatic rings. The van der Waals surface area contributed by atoms with Crippen molar-refractivity contribution in [2.24, 2.45) is 0 Å². The molecule has 0 aromatic carbocycles. The fourth-order valence-corrected chi connectivity index (χ4v) is 2.07. The molecule has 0 saturated carbocycles. The van der Waals surface area contributed by atoms with E-state index in [1.54, 1.807) is 16.9 Å². The first-order valence-corrected chi connectivity index (χ1v) is 6.22. The summed E-state index contributed by atoms with van der Waals surface area (Å²) >= 11 is 0. The van der Waals surface area contributed by atoms with Gasteiger partial charge in [-0.05, 0) is 26.3 Å². The SMILES string of the molecule is CCN(C)c1cnn(CC2CCCN2)c(=O)c1. The van der Waals surface area contributed by atoms with Crippen LogP contribution in [0, 0.1) is 0 Å². The average molecular weight is 236 g/mol. The number of aromatic nitrogens is 2. The Hall–Kier alpha value is -1.36. The zero-order valence-corrected chi connectivity index (χ0v) is 10.5. The van der Waals surface area contributed by atoms with Crippen molar-refractivity contribution >= 4 is 5.69 Å². The summed E-state index contributed by atoms with van der Waals surface area (Å²) in [6, 6.07) is 2.06. The molecule has 0 radical (unpaired) electrons. The Bertz CT molecular complexity index is 423. The second kappa shape index (κ2) is 5.31. The summed E-state index contributed by atoms with van der Waals surface area (Å²) < 4.78 is 1.55. The van der Waals surface area contributed by atoms with Gasteiger partial charge in [-0.15, -0.1) is 0 Å². The predicted octanol–water partition coefficient (Wildman–Crippen LogP) is 0.451. The molecule has 1 saturated heterocycles. The summed E-state index contributed by atoms with van der Waals surface area (Å²) in [5.74, 6) is 0. The highest BCUT2D eigenvalue weighted by atomic mass is 16.1. The molecule has 1 N–H and O–H groups in total. The fraction of sp³-hybridized carbons (Fsp3) is 0.667. The van der Waals surface area contributed by atoms with E-state index in [1.165, 1.54) is 6.42 Å². The van der Waals surface area contributed by atoms with Crippen molar-refractivity contribution in [1.29, 1.82) is 0 Å². The standard InChI is InChI=1S/C12H20N4O/c1-3-15(2)11-7-12(17)16(14-8-11)9-10-5-4-6-13-10/h7-8,10,13H,3-6,9H2,1-2H3. The first-order valence-electron chi connectivity index (χ1n) is 6.22. The molecule has 0 aliphatic carbocycles. The normalized spacial score (nSPS) is 19.5. The smallest absolute Gasteiger partial charge is 0.268 e. The topological polar surface area (TPSA) is 50.2 Å². The number of rotatable bonds is 4. The van der Waals surface area contributed by atoms with Crippen LogP contribution in [0.25, 0.3) is 0 Å². The monoisotopic (exact) mass is 236 g/mol. The van der Waals surface area contributed by atoms with Crippen LogP contribution < -0.4 is 15.8 Å². The average Bonchev–Trinajstić information content (AvgIpc) is 2.83. The van der Waals surface area contributed by atoms with Crippen LogP contribution >= 0.6 is 0 Å². The van der Waals surface area contributed by atoms with Crippen molar-refractivity contribution in [3.05, 3.63) is 22.6 Å². The number of hydrogen-bond donors (Lipinski definition) is 1. The Morgan fingerprint density at radius 2 is 2.47 bits per heavy atom. The summed E-state index contributed by atoms with van der Waals surface area (Å²) in [6.45, 7) is 4.65. The van der Waals surface area contributed by atoms with Crippen LogP contribution in [0.15, 0.2) is 17.1 Å². The molecule has 2 rings (SSSR count). The third-order valence-corrected chi connectivity index (χ3v) is 3.33. The minimum absolute atomic E-state index is 0.0171. The third-order valence-electron chi connectivity index (χ3n) is 3.33. The van der Waals surface area contributed by atoms with Gasteiger partial charge in [-0.2, -0.15) is 5.10 Å². The lowest BCUT2D eigenvalue weighted by atomic mass is 10.2. The second-order valence-electron chi connectivity index (χ2n) is 4.54. The van der Waals surface area contributed by atoms with Gasteiger partial charge in [0, 0.05) is 25.7 Å². The van der Waals surface area contributed by atoms with Crippen LogP contribution in [0.1, 0.15) is 19.8 Å². The first-order chi connectivity index (χ1) is 8.20. The predicted molar refractivity (Wildman–Crippen MR) is 68.5 cm³/mol. The summed E-state index contributed by atoms with van der Waals surface area (Å²) in [4.78, 5) is 13.9. The van der Waals surface area contributed by atoms with Gasteiger partial charge in [0.15, 0.2) is 0 Å². The van der Waals surface area contributed by atoms with Gasteiger partial charge in [0.05, 0.1) is 18.4 Å². The molecule has 1 fully saturated rings. The first kappa shape index (κ1) is 12.1. The molecule has 2 heterocycles. The number of nitrogens with one attached hydrogen (secondary N) is 1. The van der Waals surface area contributed by atoms with E-state index in [0.717, 1.165) is 25.2 Å². The molecular weight excluding hydrogens is 216 g/mol. The number of anilines is 1. The van der Waals surface area contributed by atoms with Crippen LogP contribution in [0.3, 0.4) is 0 Å². The number of hydrogen-bond acceptors (Lipinski definition) is 4. The zero-order valence-electron chi connectivity index (χ0n) is 10.5. The van der Waals surface area contributed by atoms with Crippen LogP contribution in [0.5, 0.6) is 0 Å². The van der Waals surface area contributed by atoms with E-state index < -0.39 is 0 Å². The van der Waals surface area contributed by atoms with Crippen molar-refractivity contribution in [2.45, 2.75) is 32.4 Å². The Balaban J connectivity index is 2.11. The zero-order chi connectivity index (χ0) is 12.3. The molecule has 1 aromatic rings. The maximum Gasteiger partial charge on any atom is 0.268 e. The Morgan fingerprint density at radius 3 is 3.06 bits per heavy atom. The van der Waals surface area contributed by atoms with E-state index >= 15 is 0 Å². The fourth-order valence-electron chi connectivity index (χ4n) is 2.07. The Labute approximate surface area is 101 Å². The molecule has 0 spiro atoms. The van der Waals surface area contributed by atoms with Crippen LogP contribution in [0.4, 0.5) is 5.69 Å². The molecule has 1 aliphatic heterocycles. The van der Waals surface area contributed by atoms with Crippen LogP contribution in [-0.2, 0) is 6.54 Å². The largest absolute Gasteiger partial charge is 0.373 e. The molecule has 5 heteroatoms. The van der Waals surface area contributed by atoms with Gasteiger partial charge in [0.1, 0.15) is 0 Å². The van der Waals surface area contributed by atoms with Gasteiger partial charge in [-0.1, -0.05) is 0 Å². The second-order valence-corrected chi connectivity index (χ2v) is 4.54. The molecule has 1 atom stereocenters. The lowest BCUT2D eigenvalue weighted by molar-refractivity contribution is 0.459. The summed E-state index contributed by atoms with van der Waals surface area (Å²) in [5, 5.41) is 7.60.